The fourth-order valence-electron chi connectivity index (χ4n) is 7.70. The number of ether oxygens (including phenoxy) is 3. The van der Waals surface area contributed by atoms with Crippen molar-refractivity contribution in [3.8, 4) is 0 Å². The summed E-state index contributed by atoms with van der Waals surface area (Å²) in [7, 11) is 0. The van der Waals surface area contributed by atoms with Crippen LogP contribution >= 0.6 is 0 Å². The van der Waals surface area contributed by atoms with Gasteiger partial charge in [0.05, 0.1) is 0 Å². The van der Waals surface area contributed by atoms with Gasteiger partial charge in [-0.15, -0.1) is 0 Å². The van der Waals surface area contributed by atoms with Gasteiger partial charge >= 0.3 is 17.9 Å². The Labute approximate surface area is 408 Å². The van der Waals surface area contributed by atoms with Crippen LogP contribution < -0.4 is 0 Å². The van der Waals surface area contributed by atoms with Crippen molar-refractivity contribution in [2.75, 3.05) is 13.2 Å². The van der Waals surface area contributed by atoms with Gasteiger partial charge in [-0.3, -0.25) is 14.4 Å². The summed E-state index contributed by atoms with van der Waals surface area (Å²) >= 11 is 0. The van der Waals surface area contributed by atoms with Gasteiger partial charge in [0.15, 0.2) is 6.10 Å². The first-order chi connectivity index (χ1) is 32.5. The second-order valence-corrected chi connectivity index (χ2v) is 18.5. The Bertz CT molecular complexity index is 1240. The van der Waals surface area contributed by atoms with Crippen LogP contribution in [0.25, 0.3) is 0 Å². The van der Waals surface area contributed by atoms with Crippen molar-refractivity contribution in [3.05, 3.63) is 72.9 Å². The van der Waals surface area contributed by atoms with Crippen LogP contribution in [-0.4, -0.2) is 37.2 Å². The fraction of sp³-hybridized carbons (Fsp3) is 0.750. The monoisotopic (exact) mass is 921 g/mol. The van der Waals surface area contributed by atoms with Crippen molar-refractivity contribution in [1.82, 2.24) is 0 Å². The molecule has 1 atom stereocenters. The smallest absolute Gasteiger partial charge is 0.306 e. The number of allylic oxidation sites excluding steroid dienone is 12. The van der Waals surface area contributed by atoms with Crippen molar-refractivity contribution < 1.29 is 28.6 Å². The van der Waals surface area contributed by atoms with E-state index in [0.717, 1.165) is 70.6 Å². The number of carbonyl (C=O) groups is 3. The van der Waals surface area contributed by atoms with Crippen molar-refractivity contribution in [1.29, 1.82) is 0 Å². The quantitative estimate of drug-likeness (QED) is 0.0262. The summed E-state index contributed by atoms with van der Waals surface area (Å²) < 4.78 is 16.8. The highest BCUT2D eigenvalue weighted by atomic mass is 16.6. The molecule has 0 aliphatic heterocycles. The molecule has 0 N–H and O–H groups in total. The molecule has 0 rings (SSSR count). The third kappa shape index (κ3) is 51.8. The van der Waals surface area contributed by atoms with Crippen LogP contribution in [0, 0.1) is 0 Å². The third-order valence-electron chi connectivity index (χ3n) is 11.9. The summed E-state index contributed by atoms with van der Waals surface area (Å²) in [6.45, 7) is 6.55. The van der Waals surface area contributed by atoms with E-state index >= 15 is 0 Å². The molecule has 6 heteroatoms. The molecule has 0 saturated heterocycles. The Morgan fingerprint density at radius 3 is 0.939 bits per heavy atom. The lowest BCUT2D eigenvalue weighted by atomic mass is 10.0. The van der Waals surface area contributed by atoms with Gasteiger partial charge in [0.2, 0.25) is 0 Å². The number of hydrogen-bond donors (Lipinski definition) is 0. The van der Waals surface area contributed by atoms with Crippen LogP contribution in [0.1, 0.15) is 271 Å². The summed E-state index contributed by atoms with van der Waals surface area (Å²) in [6, 6.07) is 0. The predicted octanol–water partition coefficient (Wildman–Crippen LogP) is 18.6. The Balaban J connectivity index is 4.44. The molecule has 0 heterocycles. The van der Waals surface area contributed by atoms with Gasteiger partial charge in [0.1, 0.15) is 13.2 Å². The molecule has 0 aromatic rings. The molecule has 66 heavy (non-hydrogen) atoms. The van der Waals surface area contributed by atoms with Crippen LogP contribution in [0.3, 0.4) is 0 Å². The molecule has 0 saturated carbocycles. The zero-order valence-electron chi connectivity index (χ0n) is 43.4. The van der Waals surface area contributed by atoms with Crippen LogP contribution in [-0.2, 0) is 28.6 Å². The fourth-order valence-corrected chi connectivity index (χ4v) is 7.70. The van der Waals surface area contributed by atoms with Crippen LogP contribution in [0.4, 0.5) is 0 Å². The molecule has 0 aliphatic rings. The van der Waals surface area contributed by atoms with Crippen LogP contribution in [0.15, 0.2) is 72.9 Å². The predicted molar refractivity (Wildman–Crippen MR) is 284 cm³/mol. The first kappa shape index (κ1) is 62.8. The molecule has 0 aliphatic carbocycles. The summed E-state index contributed by atoms with van der Waals surface area (Å²) in [5, 5.41) is 0. The van der Waals surface area contributed by atoms with Gasteiger partial charge in [0, 0.05) is 19.3 Å². The summed E-state index contributed by atoms with van der Waals surface area (Å²) in [6.07, 6.45) is 68.9. The highest BCUT2D eigenvalue weighted by Crippen LogP contribution is 2.15. The maximum Gasteiger partial charge on any atom is 0.306 e. The first-order valence-electron chi connectivity index (χ1n) is 27.9. The molecule has 0 aromatic carbocycles. The number of hydrogen-bond acceptors (Lipinski definition) is 6. The number of esters is 3. The van der Waals surface area contributed by atoms with E-state index in [2.05, 4.69) is 93.7 Å². The normalized spacial score (nSPS) is 12.6. The average molecular weight is 921 g/mol. The van der Waals surface area contributed by atoms with E-state index in [9.17, 15) is 14.4 Å². The highest BCUT2D eigenvalue weighted by Gasteiger charge is 2.19. The van der Waals surface area contributed by atoms with Gasteiger partial charge in [-0.2, -0.15) is 0 Å². The van der Waals surface area contributed by atoms with E-state index in [0.29, 0.717) is 19.3 Å². The van der Waals surface area contributed by atoms with Gasteiger partial charge < -0.3 is 14.2 Å². The molecular weight excluding hydrogens is 817 g/mol. The lowest BCUT2D eigenvalue weighted by Gasteiger charge is -2.18. The van der Waals surface area contributed by atoms with E-state index in [1.54, 1.807) is 0 Å². The van der Waals surface area contributed by atoms with Crippen molar-refractivity contribution in [2.24, 2.45) is 0 Å². The Hall–Kier alpha value is -3.15. The van der Waals surface area contributed by atoms with Crippen molar-refractivity contribution in [3.63, 3.8) is 0 Å². The SMILES string of the molecule is CCCCC/C=C\C/C=C\C/C=C\C/C=C\CCCC(=O)OC[C@H](COC(=O)CCCCCCCCCCCCCC)OC(=O)CCCCCCCCCCC/C=C\C/C=C\CCCCC. The van der Waals surface area contributed by atoms with Crippen molar-refractivity contribution in [2.45, 2.75) is 277 Å². The number of rotatable bonds is 50. The minimum atomic E-state index is -0.798. The van der Waals surface area contributed by atoms with Crippen LogP contribution in [0.5, 0.6) is 0 Å². The second-order valence-electron chi connectivity index (χ2n) is 18.5. The third-order valence-corrected chi connectivity index (χ3v) is 11.9. The molecule has 0 spiro atoms. The molecule has 0 fully saturated rings. The molecule has 380 valence electrons. The van der Waals surface area contributed by atoms with Crippen molar-refractivity contribution >= 4 is 17.9 Å². The molecular formula is C60H104O6. The van der Waals surface area contributed by atoms with Gasteiger partial charge in [-0.05, 0) is 89.9 Å². The molecule has 0 amide bonds. The molecule has 0 radical (unpaired) electrons. The summed E-state index contributed by atoms with van der Waals surface area (Å²) in [5.41, 5.74) is 0. The average Bonchev–Trinajstić information content (AvgIpc) is 3.31. The second kappa shape index (κ2) is 54.5. The lowest BCUT2D eigenvalue weighted by Crippen LogP contribution is -2.30. The Kier molecular flexibility index (Phi) is 51.9. The maximum absolute atomic E-state index is 12.8. The van der Waals surface area contributed by atoms with E-state index in [-0.39, 0.29) is 37.5 Å². The van der Waals surface area contributed by atoms with E-state index in [1.165, 1.54) is 154 Å². The highest BCUT2D eigenvalue weighted by molar-refractivity contribution is 5.71. The molecule has 0 aromatic heterocycles. The standard InChI is InChI=1S/C60H104O6/c1-4-7-10-13-16-19-22-25-27-29-30-32-34-36-39-42-45-48-51-54-60(63)66-57(55-64-58(61)52-49-46-43-40-37-24-21-18-15-12-9-6-3)56-65-59(62)53-50-47-44-41-38-35-33-31-28-26-23-20-17-14-11-8-5-2/h16-17,19-20,25-28,33,35,41,44,57H,4-15,18,21-24,29-32,34,36-40,42-43,45-56H2,1-3H3/b19-16-,20-17-,27-25-,28-26-,35-33-,44-41-/t57-/m0/s1. The zero-order valence-corrected chi connectivity index (χ0v) is 43.4. The first-order valence-corrected chi connectivity index (χ1v) is 27.9. The van der Waals surface area contributed by atoms with E-state index in [1.807, 2.05) is 0 Å². The minimum absolute atomic E-state index is 0.0921. The minimum Gasteiger partial charge on any atom is -0.462 e. The molecule has 0 unspecified atom stereocenters. The van der Waals surface area contributed by atoms with E-state index < -0.39 is 6.10 Å². The zero-order chi connectivity index (χ0) is 47.9. The van der Waals surface area contributed by atoms with Gasteiger partial charge in [-0.25, -0.2) is 0 Å². The van der Waals surface area contributed by atoms with Gasteiger partial charge in [0.25, 0.3) is 0 Å². The summed E-state index contributed by atoms with van der Waals surface area (Å²) in [5.74, 6) is -0.949. The molecule has 0 bridgehead atoms. The lowest BCUT2D eigenvalue weighted by molar-refractivity contribution is -0.167. The number of carbonyl (C=O) groups excluding carboxylic acids is 3. The number of unbranched alkanes of at least 4 members (excludes halogenated alkanes) is 27. The maximum atomic E-state index is 12.8. The topological polar surface area (TPSA) is 78.9 Å². The molecule has 6 nitrogen and oxygen atoms in total. The van der Waals surface area contributed by atoms with Crippen LogP contribution in [0.2, 0.25) is 0 Å². The largest absolute Gasteiger partial charge is 0.462 e. The van der Waals surface area contributed by atoms with E-state index in [4.69, 9.17) is 14.2 Å². The van der Waals surface area contributed by atoms with Gasteiger partial charge in [-0.1, -0.05) is 235 Å². The summed E-state index contributed by atoms with van der Waals surface area (Å²) in [4.78, 5) is 38.1. The Morgan fingerprint density at radius 2 is 0.561 bits per heavy atom. The Morgan fingerprint density at radius 1 is 0.303 bits per heavy atom.